The van der Waals surface area contributed by atoms with Gasteiger partial charge in [0.15, 0.2) is 0 Å². The van der Waals surface area contributed by atoms with Gasteiger partial charge in [-0.3, -0.25) is 4.79 Å². The van der Waals surface area contributed by atoms with Crippen molar-refractivity contribution in [3.8, 4) is 0 Å². The van der Waals surface area contributed by atoms with Crippen molar-refractivity contribution in [3.05, 3.63) is 23.3 Å². The van der Waals surface area contributed by atoms with Crippen molar-refractivity contribution in [2.75, 3.05) is 18.8 Å². The van der Waals surface area contributed by atoms with E-state index in [9.17, 15) is 4.79 Å². The third-order valence-corrected chi connectivity index (χ3v) is 3.06. The van der Waals surface area contributed by atoms with E-state index in [-0.39, 0.29) is 5.91 Å². The minimum Gasteiger partial charge on any atom is -0.399 e. The van der Waals surface area contributed by atoms with Crippen LogP contribution in [0.2, 0.25) is 0 Å². The fraction of sp³-hybridized carbons (Fsp3) is 0.417. The van der Waals surface area contributed by atoms with E-state index in [4.69, 9.17) is 13.6 Å². The average Bonchev–Trinajstić information content (AvgIpc) is 2.77. The predicted molar refractivity (Wildman–Crippen MR) is 66.1 cm³/mol. The summed E-state index contributed by atoms with van der Waals surface area (Å²) in [5.74, 6) is 0.0623. The Kier molecular flexibility index (Phi) is 2.90. The van der Waals surface area contributed by atoms with Crippen LogP contribution in [-0.2, 0) is 0 Å². The highest BCUT2D eigenvalue weighted by atomic mass is 16.2. The van der Waals surface area contributed by atoms with Crippen LogP contribution >= 0.6 is 0 Å². The molecule has 1 fully saturated rings. The maximum absolute atomic E-state index is 12.1. The van der Waals surface area contributed by atoms with Gasteiger partial charge in [-0.15, -0.1) is 0 Å². The van der Waals surface area contributed by atoms with Crippen molar-refractivity contribution in [1.29, 1.82) is 0 Å². The van der Waals surface area contributed by atoms with Gasteiger partial charge in [-0.05, 0) is 31.9 Å². The molecule has 1 heterocycles. The van der Waals surface area contributed by atoms with Crippen LogP contribution in [0.5, 0.6) is 0 Å². The van der Waals surface area contributed by atoms with E-state index in [1.54, 1.807) is 6.07 Å². The lowest BCUT2D eigenvalue weighted by Gasteiger charge is -2.16. The Hall–Kier alpha value is -1.45. The first-order chi connectivity index (χ1) is 7.59. The smallest absolute Gasteiger partial charge is 0.253 e. The van der Waals surface area contributed by atoms with Crippen LogP contribution < -0.4 is 11.2 Å². The zero-order valence-corrected chi connectivity index (χ0v) is 9.49. The number of likely N-dealkylation sites (tertiary alicyclic amines) is 1. The highest BCUT2D eigenvalue weighted by Crippen LogP contribution is 2.15. The van der Waals surface area contributed by atoms with Crippen molar-refractivity contribution in [1.82, 2.24) is 4.90 Å². The molecule has 1 saturated heterocycles. The lowest BCUT2D eigenvalue weighted by atomic mass is 9.88. The molecule has 0 bridgehead atoms. The van der Waals surface area contributed by atoms with E-state index in [0.717, 1.165) is 31.5 Å². The Labute approximate surface area is 97.0 Å². The predicted octanol–water partition coefficient (Wildman–Crippen LogP) is 0.607. The number of nitrogens with two attached hydrogens (primary N) is 1. The van der Waals surface area contributed by atoms with Crippen LogP contribution in [0.25, 0.3) is 0 Å². The molecule has 0 aromatic heterocycles. The Bertz CT molecular complexity index is 402. The number of nitrogen functional groups attached to an aromatic ring is 1. The molecule has 82 valence electrons. The van der Waals surface area contributed by atoms with Gasteiger partial charge in [-0.1, -0.05) is 11.0 Å². The summed E-state index contributed by atoms with van der Waals surface area (Å²) in [4.78, 5) is 14.0. The molecule has 0 saturated carbocycles. The number of aryl methyl sites for hydroxylation is 1. The maximum atomic E-state index is 12.1. The van der Waals surface area contributed by atoms with Crippen molar-refractivity contribution in [3.63, 3.8) is 0 Å². The minimum absolute atomic E-state index is 0.0623. The summed E-state index contributed by atoms with van der Waals surface area (Å²) in [6.45, 7) is 3.57. The van der Waals surface area contributed by atoms with E-state index >= 15 is 0 Å². The van der Waals surface area contributed by atoms with Crippen LogP contribution in [0.3, 0.4) is 0 Å². The number of rotatable bonds is 1. The molecule has 0 spiro atoms. The fourth-order valence-corrected chi connectivity index (χ4v) is 2.05. The standard InChI is InChI=1S/C12H15BN2O/c1-8-6-9(7-10(14)11(8)13)12(16)15-4-2-3-5-15/h6-7H,2-5,14H2,1H3. The Morgan fingerprint density at radius 3 is 2.56 bits per heavy atom. The summed E-state index contributed by atoms with van der Waals surface area (Å²) >= 11 is 0. The highest BCUT2D eigenvalue weighted by Gasteiger charge is 2.20. The number of hydrogen-bond acceptors (Lipinski definition) is 2. The number of benzene rings is 1. The highest BCUT2D eigenvalue weighted by molar-refractivity contribution is 6.36. The maximum Gasteiger partial charge on any atom is 0.253 e. The lowest BCUT2D eigenvalue weighted by Crippen LogP contribution is -2.28. The molecule has 1 amide bonds. The summed E-state index contributed by atoms with van der Waals surface area (Å²) in [5.41, 5.74) is 8.33. The monoisotopic (exact) mass is 214 g/mol. The molecule has 1 aliphatic heterocycles. The zero-order chi connectivity index (χ0) is 11.7. The molecule has 2 rings (SSSR count). The topological polar surface area (TPSA) is 46.3 Å². The Balaban J connectivity index is 2.29. The minimum atomic E-state index is 0.0623. The normalized spacial score (nSPS) is 15.4. The summed E-state index contributed by atoms with van der Waals surface area (Å²) in [5, 5.41) is 0. The molecule has 3 nitrogen and oxygen atoms in total. The molecule has 2 N–H and O–H groups in total. The molecule has 1 aromatic carbocycles. The first-order valence-electron chi connectivity index (χ1n) is 5.54. The second kappa shape index (κ2) is 4.20. The first kappa shape index (κ1) is 11.1. The molecule has 0 atom stereocenters. The number of carbonyl (C=O) groups excluding carboxylic acids is 1. The molecule has 16 heavy (non-hydrogen) atoms. The quantitative estimate of drug-likeness (QED) is 0.549. The van der Waals surface area contributed by atoms with Gasteiger partial charge in [0.25, 0.3) is 5.91 Å². The van der Waals surface area contributed by atoms with Gasteiger partial charge in [0, 0.05) is 24.3 Å². The van der Waals surface area contributed by atoms with E-state index in [1.807, 2.05) is 17.9 Å². The van der Waals surface area contributed by atoms with Crippen LogP contribution in [0.1, 0.15) is 28.8 Å². The van der Waals surface area contributed by atoms with Crippen molar-refractivity contribution >= 4 is 24.9 Å². The van der Waals surface area contributed by atoms with E-state index in [1.165, 1.54) is 0 Å². The zero-order valence-electron chi connectivity index (χ0n) is 9.49. The molecule has 1 aliphatic rings. The van der Waals surface area contributed by atoms with E-state index < -0.39 is 0 Å². The molecule has 0 unspecified atom stereocenters. The summed E-state index contributed by atoms with van der Waals surface area (Å²) in [6.07, 6.45) is 2.18. The number of carbonyl (C=O) groups is 1. The molecule has 0 aliphatic carbocycles. The van der Waals surface area contributed by atoms with Crippen molar-refractivity contribution < 1.29 is 4.79 Å². The number of anilines is 1. The summed E-state index contributed by atoms with van der Waals surface area (Å²) < 4.78 is 0. The van der Waals surface area contributed by atoms with Crippen LogP contribution in [0.15, 0.2) is 12.1 Å². The van der Waals surface area contributed by atoms with E-state index in [2.05, 4.69) is 0 Å². The van der Waals surface area contributed by atoms with Crippen LogP contribution in [-0.4, -0.2) is 31.7 Å². The van der Waals surface area contributed by atoms with Crippen molar-refractivity contribution in [2.24, 2.45) is 0 Å². The number of amides is 1. The van der Waals surface area contributed by atoms with Crippen molar-refractivity contribution in [2.45, 2.75) is 19.8 Å². The van der Waals surface area contributed by atoms with Gasteiger partial charge in [-0.25, -0.2) is 0 Å². The SMILES string of the molecule is [B]c1c(C)cc(C(=O)N2CCCC2)cc1N. The lowest BCUT2D eigenvalue weighted by molar-refractivity contribution is 0.0793. The van der Waals surface area contributed by atoms with E-state index in [0.29, 0.717) is 16.7 Å². The Morgan fingerprint density at radius 1 is 1.38 bits per heavy atom. The third-order valence-electron chi connectivity index (χ3n) is 3.06. The van der Waals surface area contributed by atoms with Gasteiger partial charge in [-0.2, -0.15) is 0 Å². The van der Waals surface area contributed by atoms with Gasteiger partial charge in [0.1, 0.15) is 7.85 Å². The van der Waals surface area contributed by atoms with Crippen LogP contribution in [0.4, 0.5) is 5.69 Å². The first-order valence-corrected chi connectivity index (χ1v) is 5.54. The largest absolute Gasteiger partial charge is 0.399 e. The second-order valence-corrected chi connectivity index (χ2v) is 4.30. The molecule has 2 radical (unpaired) electrons. The third kappa shape index (κ3) is 1.92. The van der Waals surface area contributed by atoms with Gasteiger partial charge in [0.05, 0.1) is 0 Å². The molecular formula is C12H15BN2O. The molecule has 1 aromatic rings. The Morgan fingerprint density at radius 2 is 2.00 bits per heavy atom. The second-order valence-electron chi connectivity index (χ2n) is 4.30. The average molecular weight is 214 g/mol. The van der Waals surface area contributed by atoms with Gasteiger partial charge < -0.3 is 10.6 Å². The molecule has 4 heteroatoms. The van der Waals surface area contributed by atoms with Crippen LogP contribution in [0, 0.1) is 6.92 Å². The van der Waals surface area contributed by atoms with Gasteiger partial charge in [0.2, 0.25) is 0 Å². The summed E-state index contributed by atoms with van der Waals surface area (Å²) in [6, 6.07) is 3.48. The van der Waals surface area contributed by atoms with Gasteiger partial charge >= 0.3 is 0 Å². The summed E-state index contributed by atoms with van der Waals surface area (Å²) in [7, 11) is 5.75. The molecular weight excluding hydrogens is 199 g/mol. The fourth-order valence-electron chi connectivity index (χ4n) is 2.05. The number of hydrogen-bond donors (Lipinski definition) is 1. The number of nitrogens with zero attached hydrogens (tertiary/aromatic N) is 1.